The quantitative estimate of drug-likeness (QED) is 0.732. The van der Waals surface area contributed by atoms with Crippen molar-refractivity contribution in [2.75, 3.05) is 0 Å². The molecule has 1 atom stereocenters. The SMILES string of the molecule is CC(C)(C(=O)O[Si](C)(C)C)S(=O)O[Si](C)(C)C. The fourth-order valence-electron chi connectivity index (χ4n) is 0.800. The molecular weight excluding hydrogens is 272 g/mol. The molecule has 1 unspecified atom stereocenters. The first-order valence-corrected chi connectivity index (χ1v) is 13.5. The average molecular weight is 297 g/mol. The minimum atomic E-state index is -1.96. The van der Waals surface area contributed by atoms with E-state index in [0.717, 1.165) is 0 Å². The van der Waals surface area contributed by atoms with Crippen molar-refractivity contribution in [2.24, 2.45) is 0 Å². The van der Waals surface area contributed by atoms with Crippen LogP contribution in [0.2, 0.25) is 39.3 Å². The van der Waals surface area contributed by atoms with E-state index in [0.29, 0.717) is 0 Å². The summed E-state index contributed by atoms with van der Waals surface area (Å²) in [5.74, 6) is -0.437. The number of rotatable bonds is 5. The Balaban J connectivity index is 4.78. The molecule has 0 N–H and O–H groups in total. The third-order valence-electron chi connectivity index (χ3n) is 1.63. The minimum Gasteiger partial charge on any atom is -0.519 e. The van der Waals surface area contributed by atoms with E-state index in [9.17, 15) is 9.00 Å². The monoisotopic (exact) mass is 296 g/mol. The van der Waals surface area contributed by atoms with E-state index in [1.54, 1.807) is 13.8 Å². The predicted molar refractivity (Wildman–Crippen MR) is 76.1 cm³/mol. The summed E-state index contributed by atoms with van der Waals surface area (Å²) >= 11 is -1.66. The molecule has 0 saturated heterocycles. The molecule has 0 heterocycles. The van der Waals surface area contributed by atoms with E-state index >= 15 is 0 Å². The molecule has 0 saturated carbocycles. The standard InChI is InChI=1S/C10H24O4SSi2/c1-10(2,9(11)13-16(3,4)5)15(12)14-17(6,7)8/h1-8H3. The van der Waals surface area contributed by atoms with Crippen LogP contribution in [0.4, 0.5) is 0 Å². The molecule has 0 bridgehead atoms. The molecule has 102 valence electrons. The lowest BCUT2D eigenvalue weighted by molar-refractivity contribution is -0.137. The highest BCUT2D eigenvalue weighted by Crippen LogP contribution is 2.22. The van der Waals surface area contributed by atoms with Gasteiger partial charge in [-0.25, -0.2) is 4.21 Å². The van der Waals surface area contributed by atoms with Crippen molar-refractivity contribution in [3.63, 3.8) is 0 Å². The molecule has 0 amide bonds. The maximum atomic E-state index is 12.0. The summed E-state index contributed by atoms with van der Waals surface area (Å²) in [6.45, 7) is 14.8. The van der Waals surface area contributed by atoms with Crippen LogP contribution in [0.5, 0.6) is 0 Å². The summed E-state index contributed by atoms with van der Waals surface area (Å²) in [6, 6.07) is 0. The summed E-state index contributed by atoms with van der Waals surface area (Å²) < 4.78 is 21.8. The van der Waals surface area contributed by atoms with Gasteiger partial charge in [-0.15, -0.1) is 0 Å². The van der Waals surface area contributed by atoms with E-state index in [1.165, 1.54) is 0 Å². The van der Waals surface area contributed by atoms with Crippen molar-refractivity contribution in [1.29, 1.82) is 0 Å². The Kier molecular flexibility index (Phi) is 5.34. The van der Waals surface area contributed by atoms with Crippen LogP contribution in [0.15, 0.2) is 0 Å². The largest absolute Gasteiger partial charge is 0.519 e. The molecule has 0 aliphatic carbocycles. The van der Waals surface area contributed by atoms with Crippen molar-refractivity contribution in [3.8, 4) is 0 Å². The molecule has 17 heavy (non-hydrogen) atoms. The number of hydrogen-bond donors (Lipinski definition) is 0. The molecule has 0 rings (SSSR count). The first-order valence-electron chi connectivity index (χ1n) is 5.60. The van der Waals surface area contributed by atoms with E-state index in [4.69, 9.17) is 8.30 Å². The topological polar surface area (TPSA) is 52.6 Å². The second kappa shape index (κ2) is 5.33. The van der Waals surface area contributed by atoms with Crippen molar-refractivity contribution in [3.05, 3.63) is 0 Å². The molecule has 0 aromatic heterocycles. The molecule has 0 spiro atoms. The van der Waals surface area contributed by atoms with Gasteiger partial charge >= 0.3 is 5.97 Å². The van der Waals surface area contributed by atoms with Crippen LogP contribution in [0.1, 0.15) is 13.8 Å². The average Bonchev–Trinajstić information content (AvgIpc) is 1.96. The summed E-state index contributed by atoms with van der Waals surface area (Å²) in [4.78, 5) is 12.0. The molecule has 4 nitrogen and oxygen atoms in total. The maximum absolute atomic E-state index is 12.0. The van der Waals surface area contributed by atoms with Gasteiger partial charge in [0.15, 0.2) is 15.8 Å². The smallest absolute Gasteiger partial charge is 0.313 e. The Labute approximate surface area is 109 Å². The fraction of sp³-hybridized carbons (Fsp3) is 0.900. The molecule has 0 aliphatic heterocycles. The van der Waals surface area contributed by atoms with Crippen LogP contribution in [0.3, 0.4) is 0 Å². The second-order valence-electron chi connectivity index (χ2n) is 6.44. The van der Waals surface area contributed by atoms with E-state index in [-0.39, 0.29) is 0 Å². The van der Waals surface area contributed by atoms with Gasteiger partial charge in [-0.05, 0) is 53.1 Å². The Hall–Kier alpha value is 0.0138. The lowest BCUT2D eigenvalue weighted by Gasteiger charge is -2.28. The normalized spacial score (nSPS) is 15.5. The van der Waals surface area contributed by atoms with Crippen molar-refractivity contribution in [2.45, 2.75) is 57.9 Å². The van der Waals surface area contributed by atoms with Gasteiger partial charge in [0.25, 0.3) is 0 Å². The van der Waals surface area contributed by atoms with Crippen LogP contribution in [0, 0.1) is 0 Å². The zero-order valence-electron chi connectivity index (χ0n) is 12.0. The third kappa shape index (κ3) is 6.49. The summed E-state index contributed by atoms with van der Waals surface area (Å²) in [6.07, 6.45) is 0. The van der Waals surface area contributed by atoms with Crippen LogP contribution in [-0.4, -0.2) is 31.6 Å². The summed E-state index contributed by atoms with van der Waals surface area (Å²) in [7, 11) is -3.89. The first-order chi connectivity index (χ1) is 7.26. The zero-order valence-corrected chi connectivity index (χ0v) is 14.9. The Morgan fingerprint density at radius 1 is 1.00 bits per heavy atom. The molecule has 0 radical (unpaired) electrons. The first kappa shape index (κ1) is 17.0. The van der Waals surface area contributed by atoms with Gasteiger partial charge in [0, 0.05) is 0 Å². The highest BCUT2D eigenvalue weighted by atomic mass is 32.2. The van der Waals surface area contributed by atoms with Crippen LogP contribution >= 0.6 is 0 Å². The van der Waals surface area contributed by atoms with E-state index < -0.39 is 38.4 Å². The Morgan fingerprint density at radius 2 is 1.41 bits per heavy atom. The maximum Gasteiger partial charge on any atom is 0.313 e. The molecule has 0 aromatic rings. The Morgan fingerprint density at radius 3 is 1.71 bits per heavy atom. The van der Waals surface area contributed by atoms with Crippen molar-refractivity contribution < 1.29 is 17.3 Å². The molecule has 7 heteroatoms. The lowest BCUT2D eigenvalue weighted by Crippen LogP contribution is -2.46. The number of hydrogen-bond acceptors (Lipinski definition) is 4. The molecular formula is C10H24O4SSi2. The second-order valence-corrected chi connectivity index (χ2v) is 17.3. The van der Waals surface area contributed by atoms with Gasteiger partial charge in [-0.3, -0.25) is 4.79 Å². The van der Waals surface area contributed by atoms with Crippen LogP contribution in [0.25, 0.3) is 0 Å². The van der Waals surface area contributed by atoms with Gasteiger partial charge in [0.1, 0.15) is 0 Å². The Bertz CT molecular complexity index is 285. The van der Waals surface area contributed by atoms with Crippen molar-refractivity contribution in [1.82, 2.24) is 0 Å². The highest BCUT2D eigenvalue weighted by Gasteiger charge is 2.41. The van der Waals surface area contributed by atoms with Gasteiger partial charge < -0.3 is 8.30 Å². The third-order valence-corrected chi connectivity index (χ3v) is 6.04. The van der Waals surface area contributed by atoms with Gasteiger partial charge in [-0.2, -0.15) is 0 Å². The molecule has 0 aromatic carbocycles. The predicted octanol–water partition coefficient (Wildman–Crippen LogP) is 2.66. The fourth-order valence-corrected chi connectivity index (χ4v) is 4.51. The highest BCUT2D eigenvalue weighted by molar-refractivity contribution is 7.83. The molecule has 0 aliphatic rings. The van der Waals surface area contributed by atoms with Gasteiger partial charge in [0.2, 0.25) is 16.6 Å². The van der Waals surface area contributed by atoms with Gasteiger partial charge in [-0.1, -0.05) is 0 Å². The van der Waals surface area contributed by atoms with E-state index in [2.05, 4.69) is 0 Å². The lowest BCUT2D eigenvalue weighted by atomic mass is 10.2. The summed E-state index contributed by atoms with van der Waals surface area (Å²) in [5, 5.41) is 0. The summed E-state index contributed by atoms with van der Waals surface area (Å²) in [5.41, 5.74) is 0. The van der Waals surface area contributed by atoms with Crippen LogP contribution < -0.4 is 0 Å². The zero-order chi connectivity index (χ0) is 14.1. The number of carbonyl (C=O) groups is 1. The van der Waals surface area contributed by atoms with Crippen LogP contribution in [-0.2, 0) is 24.2 Å². The van der Waals surface area contributed by atoms with Crippen molar-refractivity contribution >= 4 is 33.7 Å². The van der Waals surface area contributed by atoms with Gasteiger partial charge in [0.05, 0.1) is 0 Å². The molecule has 0 fully saturated rings. The number of carbonyl (C=O) groups excluding carboxylic acids is 1. The van der Waals surface area contributed by atoms with E-state index in [1.807, 2.05) is 39.3 Å². The minimum absolute atomic E-state index is 0.437.